The molecule has 0 aliphatic rings. The van der Waals surface area contributed by atoms with Crippen LogP contribution in [-0.2, 0) is 12.8 Å². The van der Waals surface area contributed by atoms with Crippen LogP contribution in [-0.4, -0.2) is 16.6 Å². The molecule has 0 atom stereocenters. The van der Waals surface area contributed by atoms with Crippen molar-refractivity contribution in [2.45, 2.75) is 43.8 Å². The Balaban J connectivity index is 2.13. The molecular formula is C14H16F2N2OS3. The average molecular weight is 362 g/mol. The number of rotatable bonds is 7. The largest absolute Gasteiger partial charge is 0.297 e. The number of aromatic nitrogens is 1. The van der Waals surface area contributed by atoms with E-state index in [1.807, 2.05) is 0 Å². The monoisotopic (exact) mass is 362 g/mol. The Kier molecular flexibility index (Phi) is 6.34. The molecule has 3 nitrogen and oxygen atoms in total. The van der Waals surface area contributed by atoms with Crippen LogP contribution >= 0.6 is 34.4 Å². The van der Waals surface area contributed by atoms with Crippen LogP contribution in [0.2, 0.25) is 0 Å². The molecule has 120 valence electrons. The first-order valence-electron chi connectivity index (χ1n) is 6.87. The van der Waals surface area contributed by atoms with Crippen LogP contribution in [0.3, 0.4) is 0 Å². The molecule has 22 heavy (non-hydrogen) atoms. The lowest BCUT2D eigenvalue weighted by atomic mass is 10.2. The van der Waals surface area contributed by atoms with Gasteiger partial charge in [0.2, 0.25) is 0 Å². The molecule has 1 amide bonds. The molecule has 0 radical (unpaired) electrons. The fourth-order valence-electron chi connectivity index (χ4n) is 1.95. The van der Waals surface area contributed by atoms with Gasteiger partial charge in [0.25, 0.3) is 11.7 Å². The molecule has 0 unspecified atom stereocenters. The van der Waals surface area contributed by atoms with Gasteiger partial charge in [0, 0.05) is 9.77 Å². The third-order valence-electron chi connectivity index (χ3n) is 2.86. The lowest BCUT2D eigenvalue weighted by Gasteiger charge is -2.02. The normalized spacial score (nSPS) is 11.1. The second-order valence-electron chi connectivity index (χ2n) is 4.44. The first kappa shape index (κ1) is 17.4. The van der Waals surface area contributed by atoms with Crippen LogP contribution in [0, 0.1) is 0 Å². The third-order valence-corrected chi connectivity index (χ3v) is 5.83. The van der Waals surface area contributed by atoms with Gasteiger partial charge in [-0.25, -0.2) is 4.98 Å². The molecular weight excluding hydrogens is 346 g/mol. The Morgan fingerprint density at radius 3 is 2.86 bits per heavy atom. The van der Waals surface area contributed by atoms with Crippen molar-refractivity contribution in [3.05, 3.63) is 26.9 Å². The quantitative estimate of drug-likeness (QED) is 0.681. The van der Waals surface area contributed by atoms with Gasteiger partial charge in [-0.1, -0.05) is 32.0 Å². The number of aryl methyl sites for hydroxylation is 2. The van der Waals surface area contributed by atoms with E-state index in [1.54, 1.807) is 5.38 Å². The van der Waals surface area contributed by atoms with E-state index in [0.717, 1.165) is 41.2 Å². The standard InChI is InChI=1S/C14H16F2N2OS3/c1-3-5-8-9(4-2)22-14(17-8)18-12(19)11-10(6-7-20-11)21-13(15)16/h6-7,13H,3-5H2,1-2H3,(H,17,18,19). The number of nitrogens with one attached hydrogen (secondary N) is 1. The maximum Gasteiger partial charge on any atom is 0.288 e. The lowest BCUT2D eigenvalue weighted by Crippen LogP contribution is -2.11. The summed E-state index contributed by atoms with van der Waals surface area (Å²) in [5, 5.41) is 4.91. The Hall–Kier alpha value is -0.990. The number of halogens is 2. The number of thiophene rings is 1. The van der Waals surface area contributed by atoms with Crippen molar-refractivity contribution in [1.82, 2.24) is 4.98 Å². The Morgan fingerprint density at radius 2 is 2.23 bits per heavy atom. The number of hydrogen-bond acceptors (Lipinski definition) is 5. The number of thioether (sulfide) groups is 1. The van der Waals surface area contributed by atoms with E-state index in [2.05, 4.69) is 24.1 Å². The zero-order chi connectivity index (χ0) is 16.1. The second kappa shape index (κ2) is 8.03. The van der Waals surface area contributed by atoms with Crippen LogP contribution < -0.4 is 5.32 Å². The molecule has 2 heterocycles. The van der Waals surface area contributed by atoms with E-state index in [4.69, 9.17) is 0 Å². The molecule has 2 aromatic heterocycles. The number of alkyl halides is 2. The van der Waals surface area contributed by atoms with E-state index in [9.17, 15) is 13.6 Å². The van der Waals surface area contributed by atoms with Crippen molar-refractivity contribution in [2.75, 3.05) is 5.32 Å². The molecule has 0 saturated carbocycles. The van der Waals surface area contributed by atoms with E-state index in [-0.39, 0.29) is 5.91 Å². The van der Waals surface area contributed by atoms with Crippen LogP contribution in [0.15, 0.2) is 16.3 Å². The molecule has 0 aliphatic heterocycles. The number of carbonyl (C=O) groups is 1. The number of nitrogens with zero attached hydrogens (tertiary/aromatic N) is 1. The van der Waals surface area contributed by atoms with Gasteiger partial charge < -0.3 is 0 Å². The highest BCUT2D eigenvalue weighted by molar-refractivity contribution is 7.99. The smallest absolute Gasteiger partial charge is 0.288 e. The predicted molar refractivity (Wildman–Crippen MR) is 89.6 cm³/mol. The average Bonchev–Trinajstić information content (AvgIpc) is 3.05. The number of anilines is 1. The van der Waals surface area contributed by atoms with Crippen LogP contribution in [0.5, 0.6) is 0 Å². The van der Waals surface area contributed by atoms with Crippen molar-refractivity contribution >= 4 is 45.5 Å². The Morgan fingerprint density at radius 1 is 1.45 bits per heavy atom. The number of thiazole rings is 1. The van der Waals surface area contributed by atoms with Crippen molar-refractivity contribution in [2.24, 2.45) is 0 Å². The van der Waals surface area contributed by atoms with E-state index in [0.29, 0.717) is 26.7 Å². The summed E-state index contributed by atoms with van der Waals surface area (Å²) in [6.45, 7) is 4.13. The summed E-state index contributed by atoms with van der Waals surface area (Å²) in [6.07, 6.45) is 2.74. The van der Waals surface area contributed by atoms with Crippen LogP contribution in [0.1, 0.15) is 40.5 Å². The Bertz CT molecular complexity index is 640. The SMILES string of the molecule is CCCc1nc(NC(=O)c2sccc2SC(F)F)sc1CC. The first-order chi connectivity index (χ1) is 10.5. The molecule has 1 N–H and O–H groups in total. The first-order valence-corrected chi connectivity index (χ1v) is 9.44. The topological polar surface area (TPSA) is 42.0 Å². The van der Waals surface area contributed by atoms with Gasteiger partial charge in [-0.3, -0.25) is 10.1 Å². The summed E-state index contributed by atoms with van der Waals surface area (Å²) in [6, 6.07) is 1.54. The number of amides is 1. The maximum atomic E-state index is 12.5. The van der Waals surface area contributed by atoms with Crippen molar-refractivity contribution in [1.29, 1.82) is 0 Å². The van der Waals surface area contributed by atoms with Crippen LogP contribution in [0.4, 0.5) is 13.9 Å². The van der Waals surface area contributed by atoms with Gasteiger partial charge in [0.05, 0.1) is 5.69 Å². The summed E-state index contributed by atoms with van der Waals surface area (Å²) < 4.78 is 25.0. The van der Waals surface area contributed by atoms with Gasteiger partial charge in [-0.2, -0.15) is 8.78 Å². The van der Waals surface area contributed by atoms with Gasteiger partial charge in [-0.15, -0.1) is 22.7 Å². The number of carbonyl (C=O) groups excluding carboxylic acids is 1. The third kappa shape index (κ3) is 4.27. The minimum Gasteiger partial charge on any atom is -0.297 e. The summed E-state index contributed by atoms with van der Waals surface area (Å²) in [7, 11) is 0. The summed E-state index contributed by atoms with van der Waals surface area (Å²) in [5.41, 5.74) is 1.01. The van der Waals surface area contributed by atoms with E-state index < -0.39 is 5.76 Å². The number of hydrogen-bond donors (Lipinski definition) is 1. The molecule has 0 aliphatic carbocycles. The summed E-state index contributed by atoms with van der Waals surface area (Å²) in [5.74, 6) is -2.92. The van der Waals surface area contributed by atoms with Gasteiger partial charge in [-0.05, 0) is 24.3 Å². The van der Waals surface area contributed by atoms with Crippen LogP contribution in [0.25, 0.3) is 0 Å². The van der Waals surface area contributed by atoms with Crippen molar-refractivity contribution in [3.63, 3.8) is 0 Å². The zero-order valence-electron chi connectivity index (χ0n) is 12.2. The molecule has 2 aromatic rings. The highest BCUT2D eigenvalue weighted by Gasteiger charge is 2.19. The van der Waals surface area contributed by atoms with E-state index in [1.165, 1.54) is 17.4 Å². The molecule has 0 aromatic carbocycles. The molecule has 0 bridgehead atoms. The Labute approximate surface area is 140 Å². The highest BCUT2D eigenvalue weighted by atomic mass is 32.2. The molecule has 0 saturated heterocycles. The summed E-state index contributed by atoms with van der Waals surface area (Å²) >= 11 is 3.00. The molecule has 0 fully saturated rings. The van der Waals surface area contributed by atoms with E-state index >= 15 is 0 Å². The predicted octanol–water partition coefficient (Wildman–Crippen LogP) is 5.29. The van der Waals surface area contributed by atoms with Gasteiger partial charge in [0.15, 0.2) is 5.13 Å². The highest BCUT2D eigenvalue weighted by Crippen LogP contribution is 2.33. The molecule has 2 rings (SSSR count). The molecule has 8 heteroatoms. The minimum absolute atomic E-state index is 0.301. The maximum absolute atomic E-state index is 12.5. The van der Waals surface area contributed by atoms with Gasteiger partial charge in [0.1, 0.15) is 4.88 Å². The molecule has 0 spiro atoms. The second-order valence-corrected chi connectivity index (χ2v) is 7.47. The van der Waals surface area contributed by atoms with Crippen molar-refractivity contribution in [3.8, 4) is 0 Å². The van der Waals surface area contributed by atoms with Gasteiger partial charge >= 0.3 is 0 Å². The minimum atomic E-state index is -2.54. The fraction of sp³-hybridized carbons (Fsp3) is 0.429. The lowest BCUT2D eigenvalue weighted by molar-refractivity contribution is 0.102. The zero-order valence-corrected chi connectivity index (χ0v) is 14.6. The van der Waals surface area contributed by atoms with Crippen molar-refractivity contribution < 1.29 is 13.6 Å². The fourth-order valence-corrected chi connectivity index (χ4v) is 4.49. The summed E-state index contributed by atoms with van der Waals surface area (Å²) in [4.78, 5) is 18.5.